The number of ether oxygens (including phenoxy) is 1. The molecule has 164 valence electrons. The Morgan fingerprint density at radius 3 is 2.71 bits per heavy atom. The summed E-state index contributed by atoms with van der Waals surface area (Å²) < 4.78 is 6.55. The van der Waals surface area contributed by atoms with Crippen molar-refractivity contribution in [3.05, 3.63) is 57.1 Å². The van der Waals surface area contributed by atoms with E-state index in [1.807, 2.05) is 44.1 Å². The van der Waals surface area contributed by atoms with Gasteiger partial charge in [-0.05, 0) is 52.2 Å². The van der Waals surface area contributed by atoms with Crippen molar-refractivity contribution < 1.29 is 14.5 Å². The average Bonchev–Trinajstić information content (AvgIpc) is 3.16. The maximum Gasteiger partial charge on any atom is 0.270 e. The highest BCUT2D eigenvalue weighted by Crippen LogP contribution is 2.35. The lowest BCUT2D eigenvalue weighted by atomic mass is 10.1. The van der Waals surface area contributed by atoms with Crippen molar-refractivity contribution in [1.82, 2.24) is 9.88 Å². The number of para-hydroxylation sites is 1. The smallest absolute Gasteiger partial charge is 0.270 e. The molecule has 0 N–H and O–H groups in total. The Hall–Kier alpha value is -2.75. The minimum atomic E-state index is -0.546. The van der Waals surface area contributed by atoms with Gasteiger partial charge in [-0.25, -0.2) is 4.98 Å². The van der Waals surface area contributed by atoms with E-state index in [2.05, 4.69) is 4.98 Å². The molecule has 0 saturated heterocycles. The van der Waals surface area contributed by atoms with E-state index >= 15 is 0 Å². The number of anilines is 1. The van der Waals surface area contributed by atoms with Crippen molar-refractivity contribution in [2.24, 2.45) is 0 Å². The van der Waals surface area contributed by atoms with Crippen molar-refractivity contribution >= 4 is 49.9 Å². The number of benzene rings is 2. The van der Waals surface area contributed by atoms with Crippen molar-refractivity contribution in [1.29, 1.82) is 0 Å². The predicted octanol–water partition coefficient (Wildman–Crippen LogP) is 4.86. The van der Waals surface area contributed by atoms with Gasteiger partial charge >= 0.3 is 0 Å². The van der Waals surface area contributed by atoms with Crippen LogP contribution in [-0.2, 0) is 0 Å². The molecule has 3 aromatic rings. The van der Waals surface area contributed by atoms with Crippen molar-refractivity contribution in [2.75, 3.05) is 38.7 Å². The van der Waals surface area contributed by atoms with Gasteiger partial charge in [0.1, 0.15) is 11.3 Å². The van der Waals surface area contributed by atoms with E-state index in [9.17, 15) is 14.9 Å². The van der Waals surface area contributed by atoms with Crippen LogP contribution in [0, 0.1) is 10.1 Å². The molecule has 1 heterocycles. The zero-order chi connectivity index (χ0) is 22.5. The van der Waals surface area contributed by atoms with Gasteiger partial charge < -0.3 is 9.64 Å². The molecule has 0 saturated carbocycles. The standard InChI is InChI=1S/C21H23ClN4O4S/c1-4-30-17-7-5-8-18-19(17)23-21(31-18)25(12-6-11-24(2)3)20(27)15-13-14(26(28)29)9-10-16(15)22/h5,7-10,13H,4,6,11-12H2,1-3H3. The number of fused-ring (bicyclic) bond motifs is 1. The first kappa shape index (κ1) is 22.9. The molecule has 1 aromatic heterocycles. The first-order chi connectivity index (χ1) is 14.8. The highest BCUT2D eigenvalue weighted by molar-refractivity contribution is 7.22. The summed E-state index contributed by atoms with van der Waals surface area (Å²) in [7, 11) is 3.91. The number of carbonyl (C=O) groups excluding carboxylic acids is 1. The van der Waals surface area contributed by atoms with Gasteiger partial charge in [-0.2, -0.15) is 0 Å². The summed E-state index contributed by atoms with van der Waals surface area (Å²) in [6.07, 6.45) is 0.694. The van der Waals surface area contributed by atoms with Crippen LogP contribution in [0.1, 0.15) is 23.7 Å². The summed E-state index contributed by atoms with van der Waals surface area (Å²) >= 11 is 7.61. The Morgan fingerprint density at radius 1 is 1.26 bits per heavy atom. The molecule has 0 atom stereocenters. The van der Waals surface area contributed by atoms with Crippen LogP contribution in [0.5, 0.6) is 5.75 Å². The zero-order valence-corrected chi connectivity index (χ0v) is 19.1. The van der Waals surface area contributed by atoms with Crippen LogP contribution in [0.15, 0.2) is 36.4 Å². The van der Waals surface area contributed by atoms with Gasteiger partial charge in [0, 0.05) is 18.7 Å². The highest BCUT2D eigenvalue weighted by atomic mass is 35.5. The fourth-order valence-corrected chi connectivity index (χ4v) is 4.27. The molecule has 0 fully saturated rings. The van der Waals surface area contributed by atoms with Crippen LogP contribution in [0.25, 0.3) is 10.2 Å². The third-order valence-corrected chi connectivity index (χ3v) is 5.90. The molecule has 0 aliphatic heterocycles. The van der Waals surface area contributed by atoms with E-state index in [0.717, 1.165) is 11.2 Å². The second kappa shape index (κ2) is 10.0. The minimum Gasteiger partial charge on any atom is -0.492 e. The first-order valence-electron chi connectivity index (χ1n) is 9.74. The van der Waals surface area contributed by atoms with E-state index in [0.29, 0.717) is 36.0 Å². The number of aromatic nitrogens is 1. The molecular formula is C21H23ClN4O4S. The number of rotatable bonds is 9. The Bertz CT molecular complexity index is 1100. The number of halogens is 1. The molecule has 1 amide bonds. The monoisotopic (exact) mass is 462 g/mol. The first-order valence-corrected chi connectivity index (χ1v) is 10.9. The second-order valence-corrected chi connectivity index (χ2v) is 8.48. The predicted molar refractivity (Wildman–Crippen MR) is 124 cm³/mol. The number of hydrogen-bond donors (Lipinski definition) is 0. The Kier molecular flexibility index (Phi) is 7.42. The lowest BCUT2D eigenvalue weighted by molar-refractivity contribution is -0.384. The van der Waals surface area contributed by atoms with Gasteiger partial charge in [-0.15, -0.1) is 0 Å². The average molecular weight is 463 g/mol. The summed E-state index contributed by atoms with van der Waals surface area (Å²) in [5.74, 6) is 0.223. The molecule has 0 unspecified atom stereocenters. The number of nitro benzene ring substituents is 1. The number of amides is 1. The molecule has 3 rings (SSSR count). The molecule has 2 aromatic carbocycles. The summed E-state index contributed by atoms with van der Waals surface area (Å²) in [5, 5.41) is 11.8. The van der Waals surface area contributed by atoms with Crippen LogP contribution >= 0.6 is 22.9 Å². The lowest BCUT2D eigenvalue weighted by Gasteiger charge is -2.21. The number of non-ortho nitro benzene ring substituents is 1. The number of nitrogens with zero attached hydrogens (tertiary/aromatic N) is 4. The molecule has 10 heteroatoms. The highest BCUT2D eigenvalue weighted by Gasteiger charge is 2.25. The van der Waals surface area contributed by atoms with E-state index in [1.54, 1.807) is 0 Å². The van der Waals surface area contributed by atoms with Gasteiger partial charge in [0.05, 0.1) is 26.8 Å². The maximum atomic E-state index is 13.4. The van der Waals surface area contributed by atoms with Crippen LogP contribution in [0.4, 0.5) is 10.8 Å². The fraction of sp³-hybridized carbons (Fsp3) is 0.333. The topological polar surface area (TPSA) is 88.8 Å². The minimum absolute atomic E-state index is 0.0741. The van der Waals surface area contributed by atoms with Crippen molar-refractivity contribution in [3.63, 3.8) is 0 Å². The van der Waals surface area contributed by atoms with Gasteiger partial charge in [-0.1, -0.05) is 29.0 Å². The third kappa shape index (κ3) is 5.30. The normalized spacial score (nSPS) is 11.1. The molecule has 8 nitrogen and oxygen atoms in total. The molecule has 0 bridgehead atoms. The van der Waals surface area contributed by atoms with E-state index in [4.69, 9.17) is 16.3 Å². The number of nitro groups is 1. The molecule has 31 heavy (non-hydrogen) atoms. The summed E-state index contributed by atoms with van der Waals surface area (Å²) in [4.78, 5) is 32.3. The molecule has 0 aliphatic carbocycles. The van der Waals surface area contributed by atoms with Gasteiger partial charge in [-0.3, -0.25) is 19.8 Å². The van der Waals surface area contributed by atoms with Crippen LogP contribution < -0.4 is 9.64 Å². The summed E-state index contributed by atoms with van der Waals surface area (Å²) in [6, 6.07) is 9.50. The molecule has 0 aliphatic rings. The Morgan fingerprint density at radius 2 is 2.03 bits per heavy atom. The van der Waals surface area contributed by atoms with Gasteiger partial charge in [0.15, 0.2) is 5.13 Å². The maximum absolute atomic E-state index is 13.4. The quantitative estimate of drug-likeness (QED) is 0.333. The Labute approximate surface area is 189 Å². The van der Waals surface area contributed by atoms with E-state index in [1.165, 1.54) is 34.4 Å². The molecule has 0 spiro atoms. The van der Waals surface area contributed by atoms with Crippen LogP contribution in [0.2, 0.25) is 5.02 Å². The lowest BCUT2D eigenvalue weighted by Crippen LogP contribution is -2.33. The third-order valence-electron chi connectivity index (χ3n) is 4.52. The fourth-order valence-electron chi connectivity index (χ4n) is 3.06. The largest absolute Gasteiger partial charge is 0.492 e. The van der Waals surface area contributed by atoms with E-state index < -0.39 is 10.8 Å². The summed E-state index contributed by atoms with van der Waals surface area (Å²) in [5.41, 5.74) is 0.564. The summed E-state index contributed by atoms with van der Waals surface area (Å²) in [6.45, 7) is 3.55. The van der Waals surface area contributed by atoms with Gasteiger partial charge in [0.2, 0.25) is 0 Å². The zero-order valence-electron chi connectivity index (χ0n) is 17.5. The molecule has 0 radical (unpaired) electrons. The molecular weight excluding hydrogens is 440 g/mol. The van der Waals surface area contributed by atoms with Gasteiger partial charge in [0.25, 0.3) is 11.6 Å². The van der Waals surface area contributed by atoms with Crippen molar-refractivity contribution in [3.8, 4) is 5.75 Å². The number of thiazole rings is 1. The number of carbonyl (C=O) groups is 1. The van der Waals surface area contributed by atoms with Crippen LogP contribution in [-0.4, -0.2) is 54.5 Å². The van der Waals surface area contributed by atoms with Crippen molar-refractivity contribution in [2.45, 2.75) is 13.3 Å². The Balaban J connectivity index is 2.03. The van der Waals surface area contributed by atoms with E-state index in [-0.39, 0.29) is 16.3 Å². The second-order valence-electron chi connectivity index (χ2n) is 7.07. The van der Waals surface area contributed by atoms with Crippen LogP contribution in [0.3, 0.4) is 0 Å². The number of hydrogen-bond acceptors (Lipinski definition) is 7. The SMILES string of the molecule is CCOc1cccc2sc(N(CCCN(C)C)C(=O)c3cc([N+](=O)[O-])ccc3Cl)nc12.